The fourth-order valence-corrected chi connectivity index (χ4v) is 0.983. The predicted octanol–water partition coefficient (Wildman–Crippen LogP) is -1.20. The SMILES string of the molecule is NCCNC(=O)C(N)C1CC1. The molecule has 64 valence electrons. The summed E-state index contributed by atoms with van der Waals surface area (Å²) < 4.78 is 0. The van der Waals surface area contributed by atoms with Gasteiger partial charge in [0.25, 0.3) is 0 Å². The van der Waals surface area contributed by atoms with Crippen LogP contribution in [0.4, 0.5) is 0 Å². The molecule has 1 aliphatic rings. The van der Waals surface area contributed by atoms with Gasteiger partial charge in [-0.05, 0) is 18.8 Å². The number of nitrogens with one attached hydrogen (secondary N) is 1. The highest BCUT2D eigenvalue weighted by molar-refractivity contribution is 5.82. The maximum Gasteiger partial charge on any atom is 0.237 e. The first-order chi connectivity index (χ1) is 5.25. The highest BCUT2D eigenvalue weighted by Crippen LogP contribution is 2.31. The van der Waals surface area contributed by atoms with Gasteiger partial charge in [0.05, 0.1) is 6.04 Å². The van der Waals surface area contributed by atoms with Gasteiger partial charge in [-0.1, -0.05) is 0 Å². The van der Waals surface area contributed by atoms with Crippen molar-refractivity contribution in [1.82, 2.24) is 5.32 Å². The number of rotatable bonds is 4. The number of nitrogens with two attached hydrogens (primary N) is 2. The van der Waals surface area contributed by atoms with Gasteiger partial charge in [0.2, 0.25) is 5.91 Å². The van der Waals surface area contributed by atoms with Crippen LogP contribution in [0.5, 0.6) is 0 Å². The topological polar surface area (TPSA) is 81.1 Å². The standard InChI is InChI=1S/C7H15N3O/c8-3-4-10-7(11)6(9)5-1-2-5/h5-6H,1-4,8-9H2,(H,10,11). The molecule has 0 heterocycles. The Labute approximate surface area is 66.3 Å². The van der Waals surface area contributed by atoms with E-state index in [1.165, 1.54) is 0 Å². The Hall–Kier alpha value is -0.610. The molecule has 4 heteroatoms. The van der Waals surface area contributed by atoms with Crippen molar-refractivity contribution in [2.75, 3.05) is 13.1 Å². The van der Waals surface area contributed by atoms with Crippen molar-refractivity contribution in [3.8, 4) is 0 Å². The van der Waals surface area contributed by atoms with Crippen LogP contribution < -0.4 is 16.8 Å². The van der Waals surface area contributed by atoms with Crippen molar-refractivity contribution >= 4 is 5.91 Å². The Morgan fingerprint density at radius 3 is 2.73 bits per heavy atom. The predicted molar refractivity (Wildman–Crippen MR) is 42.8 cm³/mol. The quantitative estimate of drug-likeness (QED) is 0.479. The van der Waals surface area contributed by atoms with Gasteiger partial charge in [0, 0.05) is 13.1 Å². The average molecular weight is 157 g/mol. The summed E-state index contributed by atoms with van der Waals surface area (Å²) in [5.74, 6) is 0.366. The highest BCUT2D eigenvalue weighted by atomic mass is 16.2. The normalized spacial score (nSPS) is 19.5. The molecule has 1 rings (SSSR count). The van der Waals surface area contributed by atoms with Crippen molar-refractivity contribution in [2.45, 2.75) is 18.9 Å². The van der Waals surface area contributed by atoms with Crippen molar-refractivity contribution in [2.24, 2.45) is 17.4 Å². The Morgan fingerprint density at radius 1 is 1.64 bits per heavy atom. The van der Waals surface area contributed by atoms with Crippen LogP contribution in [-0.2, 0) is 4.79 Å². The minimum atomic E-state index is -0.304. The molecule has 1 amide bonds. The van der Waals surface area contributed by atoms with Gasteiger partial charge >= 0.3 is 0 Å². The summed E-state index contributed by atoms with van der Waals surface area (Å²) in [6, 6.07) is -0.304. The third-order valence-electron chi connectivity index (χ3n) is 1.88. The molecule has 0 aromatic heterocycles. The van der Waals surface area contributed by atoms with Crippen LogP contribution in [0.15, 0.2) is 0 Å². The zero-order chi connectivity index (χ0) is 8.27. The number of hydrogen-bond acceptors (Lipinski definition) is 3. The molecule has 5 N–H and O–H groups in total. The zero-order valence-electron chi connectivity index (χ0n) is 6.55. The lowest BCUT2D eigenvalue weighted by molar-refractivity contribution is -0.122. The van der Waals surface area contributed by atoms with Crippen LogP contribution in [0.1, 0.15) is 12.8 Å². The summed E-state index contributed by atoms with van der Waals surface area (Å²) in [7, 11) is 0. The van der Waals surface area contributed by atoms with E-state index < -0.39 is 0 Å². The third kappa shape index (κ3) is 2.48. The lowest BCUT2D eigenvalue weighted by Crippen LogP contribution is -2.43. The summed E-state index contributed by atoms with van der Waals surface area (Å²) in [5.41, 5.74) is 10.8. The molecule has 1 unspecified atom stereocenters. The molecule has 0 aliphatic heterocycles. The van der Waals surface area contributed by atoms with Gasteiger partial charge in [0.1, 0.15) is 0 Å². The summed E-state index contributed by atoms with van der Waals surface area (Å²) in [4.78, 5) is 11.1. The van der Waals surface area contributed by atoms with E-state index >= 15 is 0 Å². The summed E-state index contributed by atoms with van der Waals surface area (Å²) in [5, 5.41) is 2.66. The molecule has 11 heavy (non-hydrogen) atoms. The van der Waals surface area contributed by atoms with Crippen LogP contribution in [0, 0.1) is 5.92 Å². The number of carbonyl (C=O) groups excluding carboxylic acids is 1. The third-order valence-corrected chi connectivity index (χ3v) is 1.88. The highest BCUT2D eigenvalue weighted by Gasteiger charge is 2.32. The van der Waals surface area contributed by atoms with Gasteiger partial charge in [-0.15, -0.1) is 0 Å². The minimum Gasteiger partial charge on any atom is -0.353 e. The number of amides is 1. The molecule has 1 atom stereocenters. The number of carbonyl (C=O) groups is 1. The van der Waals surface area contributed by atoms with E-state index in [4.69, 9.17) is 11.5 Å². The Kier molecular flexibility index (Phi) is 2.84. The van der Waals surface area contributed by atoms with Gasteiger partial charge in [0.15, 0.2) is 0 Å². The summed E-state index contributed by atoms with van der Waals surface area (Å²) >= 11 is 0. The molecule has 4 nitrogen and oxygen atoms in total. The monoisotopic (exact) mass is 157 g/mol. The molecular weight excluding hydrogens is 142 g/mol. The Bertz CT molecular complexity index is 145. The van der Waals surface area contributed by atoms with Crippen LogP contribution in [0.2, 0.25) is 0 Å². The largest absolute Gasteiger partial charge is 0.353 e. The molecule has 1 fully saturated rings. The molecular formula is C7H15N3O. The maximum absolute atomic E-state index is 11.1. The van der Waals surface area contributed by atoms with Crippen molar-refractivity contribution < 1.29 is 4.79 Å². The molecule has 0 aromatic carbocycles. The van der Waals surface area contributed by atoms with Gasteiger partial charge in [-0.25, -0.2) is 0 Å². The molecule has 0 saturated heterocycles. The van der Waals surface area contributed by atoms with E-state index in [1.807, 2.05) is 0 Å². The molecule has 0 spiro atoms. The second-order valence-electron chi connectivity index (χ2n) is 2.94. The lowest BCUT2D eigenvalue weighted by atomic mass is 10.2. The van der Waals surface area contributed by atoms with Crippen LogP contribution in [0.25, 0.3) is 0 Å². The van der Waals surface area contributed by atoms with Gasteiger partial charge < -0.3 is 16.8 Å². The fraction of sp³-hybridized carbons (Fsp3) is 0.857. The molecule has 0 bridgehead atoms. The molecule has 0 aromatic rings. The molecule has 1 aliphatic carbocycles. The number of hydrogen-bond donors (Lipinski definition) is 3. The Morgan fingerprint density at radius 2 is 2.27 bits per heavy atom. The van der Waals surface area contributed by atoms with E-state index in [-0.39, 0.29) is 11.9 Å². The van der Waals surface area contributed by atoms with Gasteiger partial charge in [-0.2, -0.15) is 0 Å². The van der Waals surface area contributed by atoms with E-state index in [0.29, 0.717) is 19.0 Å². The van der Waals surface area contributed by atoms with E-state index in [0.717, 1.165) is 12.8 Å². The van der Waals surface area contributed by atoms with Crippen molar-refractivity contribution in [3.05, 3.63) is 0 Å². The average Bonchev–Trinajstić information content (AvgIpc) is 2.81. The molecule has 0 radical (unpaired) electrons. The van der Waals surface area contributed by atoms with E-state index in [2.05, 4.69) is 5.32 Å². The summed E-state index contributed by atoms with van der Waals surface area (Å²) in [6.07, 6.45) is 2.19. The van der Waals surface area contributed by atoms with Crippen LogP contribution in [0.3, 0.4) is 0 Å². The Balaban J connectivity index is 2.16. The first-order valence-corrected chi connectivity index (χ1v) is 3.99. The lowest BCUT2D eigenvalue weighted by Gasteiger charge is -2.09. The maximum atomic E-state index is 11.1. The zero-order valence-corrected chi connectivity index (χ0v) is 6.55. The van der Waals surface area contributed by atoms with Gasteiger partial charge in [-0.3, -0.25) is 4.79 Å². The van der Waals surface area contributed by atoms with Crippen molar-refractivity contribution in [3.63, 3.8) is 0 Å². The summed E-state index contributed by atoms with van der Waals surface area (Å²) in [6.45, 7) is 1.00. The minimum absolute atomic E-state index is 0.0575. The first-order valence-electron chi connectivity index (χ1n) is 3.99. The van der Waals surface area contributed by atoms with E-state index in [9.17, 15) is 4.79 Å². The first kappa shape index (κ1) is 8.49. The second kappa shape index (κ2) is 3.69. The van der Waals surface area contributed by atoms with Crippen molar-refractivity contribution in [1.29, 1.82) is 0 Å². The fourth-order valence-electron chi connectivity index (χ4n) is 0.983. The molecule has 1 saturated carbocycles. The smallest absolute Gasteiger partial charge is 0.237 e. The second-order valence-corrected chi connectivity index (χ2v) is 2.94. The van der Waals surface area contributed by atoms with E-state index in [1.54, 1.807) is 0 Å². The van der Waals surface area contributed by atoms with Crippen LogP contribution in [-0.4, -0.2) is 25.0 Å². The van der Waals surface area contributed by atoms with Crippen LogP contribution >= 0.6 is 0 Å².